The third kappa shape index (κ3) is 4.38. The third-order valence-electron chi connectivity index (χ3n) is 8.76. The summed E-state index contributed by atoms with van der Waals surface area (Å²) in [7, 11) is 1.84. The smallest absolute Gasteiger partial charge is 0.234 e. The normalized spacial score (nSPS) is 20.5. The molecule has 0 unspecified atom stereocenters. The van der Waals surface area contributed by atoms with Gasteiger partial charge in [0.15, 0.2) is 0 Å². The van der Waals surface area contributed by atoms with Crippen molar-refractivity contribution in [3.63, 3.8) is 0 Å². The van der Waals surface area contributed by atoms with Gasteiger partial charge in [0.05, 0.1) is 30.0 Å². The Morgan fingerprint density at radius 1 is 1.32 bits per heavy atom. The summed E-state index contributed by atoms with van der Waals surface area (Å²) >= 11 is 0. The second-order valence-corrected chi connectivity index (χ2v) is 11.5. The zero-order chi connectivity index (χ0) is 26.6. The van der Waals surface area contributed by atoms with Crippen molar-refractivity contribution in [3.05, 3.63) is 45.4 Å². The van der Waals surface area contributed by atoms with Gasteiger partial charge in [0.1, 0.15) is 12.0 Å². The number of amides is 1. The molecule has 2 aromatic heterocycles. The molecule has 1 amide bonds. The number of aryl methyl sites for hydroxylation is 2. The summed E-state index contributed by atoms with van der Waals surface area (Å²) < 4.78 is 15.3. The van der Waals surface area contributed by atoms with Crippen LogP contribution < -0.4 is 15.5 Å². The van der Waals surface area contributed by atoms with Crippen molar-refractivity contribution >= 4 is 23.6 Å². The van der Waals surface area contributed by atoms with E-state index in [1.54, 1.807) is 0 Å². The van der Waals surface area contributed by atoms with E-state index in [0.717, 1.165) is 80.2 Å². The van der Waals surface area contributed by atoms with Gasteiger partial charge in [-0.05, 0) is 51.2 Å². The van der Waals surface area contributed by atoms with E-state index in [-0.39, 0.29) is 12.9 Å². The van der Waals surface area contributed by atoms with Crippen molar-refractivity contribution in [1.82, 2.24) is 25.0 Å². The van der Waals surface area contributed by atoms with Crippen LogP contribution in [0.4, 0.5) is 15.9 Å². The van der Waals surface area contributed by atoms with Crippen LogP contribution in [0.5, 0.6) is 0 Å². The third-order valence-corrected chi connectivity index (χ3v) is 8.76. The molecular formula is C28H39FN8O. The predicted octanol–water partition coefficient (Wildman–Crippen LogP) is 3.14. The molecule has 3 N–H and O–H groups in total. The minimum Gasteiger partial charge on any atom is -0.373 e. The average Bonchev–Trinajstić information content (AvgIpc) is 3.17. The first-order valence-corrected chi connectivity index (χ1v) is 13.6. The number of aromatic nitrogens is 3. The molecule has 0 radical (unpaired) electrons. The lowest BCUT2D eigenvalue weighted by Crippen LogP contribution is -2.60. The van der Waals surface area contributed by atoms with Gasteiger partial charge < -0.3 is 20.9 Å². The van der Waals surface area contributed by atoms with Crippen LogP contribution in [0.1, 0.15) is 55.3 Å². The van der Waals surface area contributed by atoms with E-state index >= 15 is 0 Å². The Hall–Kier alpha value is -3.27. The van der Waals surface area contributed by atoms with E-state index in [9.17, 15) is 9.18 Å². The standard InChI is InChI=1S/C28H37FN8O.H2/c1-17-8-25(22(11-30)27(31-3)32-17)36-7-5-24-23(15-36)18(2)34-37(24)12-19-4-6-28(9-20(19)10-28)33-26(38)16-35-13-21(29)14-35;/h8,11,21,30H,4-7,9-10,12-16H2,1-3H3,(H,31,32)(H,33,38);1H. The van der Waals surface area contributed by atoms with E-state index in [1.165, 1.54) is 28.6 Å². The number of carbonyl (C=O) groups excluding carboxylic acids is 1. The number of allylic oxidation sites excluding steroid dienone is 1. The molecule has 1 saturated carbocycles. The molecule has 3 aliphatic carbocycles. The molecule has 10 heteroatoms. The summed E-state index contributed by atoms with van der Waals surface area (Å²) in [5, 5.41) is 19.3. The van der Waals surface area contributed by atoms with Gasteiger partial charge in [-0.2, -0.15) is 5.10 Å². The molecule has 7 rings (SSSR count). The van der Waals surface area contributed by atoms with Crippen molar-refractivity contribution in [2.45, 2.75) is 70.8 Å². The van der Waals surface area contributed by atoms with Crippen molar-refractivity contribution in [3.8, 4) is 0 Å². The number of rotatable bonds is 8. The van der Waals surface area contributed by atoms with Gasteiger partial charge in [-0.1, -0.05) is 5.57 Å². The fraction of sp³-hybridized carbons (Fsp3) is 0.571. The SMILES string of the molecule is CNc1nc(C)cc(N2CCc3c(c(C)nn3CC3=C4CC(NC(=O)CN5CC(F)C5)(CC3)C4)C2)c1C=N.[HH]. The Bertz CT molecular complexity index is 1320. The van der Waals surface area contributed by atoms with Crippen LogP contribution in [0.25, 0.3) is 0 Å². The molecule has 5 aliphatic rings. The Kier molecular flexibility index (Phi) is 6.25. The van der Waals surface area contributed by atoms with Gasteiger partial charge in [0, 0.05) is 69.8 Å². The summed E-state index contributed by atoms with van der Waals surface area (Å²) in [5.74, 6) is 0.763. The maximum Gasteiger partial charge on any atom is 0.234 e. The van der Waals surface area contributed by atoms with Crippen molar-refractivity contribution in [2.75, 3.05) is 43.4 Å². The summed E-state index contributed by atoms with van der Waals surface area (Å²) in [6.07, 6.45) is 5.32. The van der Waals surface area contributed by atoms with E-state index in [4.69, 9.17) is 10.5 Å². The Morgan fingerprint density at radius 3 is 2.76 bits per heavy atom. The number of carbonyl (C=O) groups is 1. The fourth-order valence-electron chi connectivity index (χ4n) is 6.72. The number of hydrogen-bond donors (Lipinski definition) is 3. The zero-order valence-corrected chi connectivity index (χ0v) is 22.5. The van der Waals surface area contributed by atoms with Crippen LogP contribution in [0.15, 0.2) is 17.2 Å². The minimum atomic E-state index is -0.776. The Morgan fingerprint density at radius 2 is 2.11 bits per heavy atom. The number of nitrogens with zero attached hydrogens (tertiary/aromatic N) is 5. The second kappa shape index (κ2) is 9.48. The molecule has 2 aliphatic heterocycles. The summed E-state index contributed by atoms with van der Waals surface area (Å²) in [6.45, 7) is 7.62. The molecule has 0 spiro atoms. The van der Waals surface area contributed by atoms with Gasteiger partial charge in [0.2, 0.25) is 5.91 Å². The molecule has 0 aromatic carbocycles. The van der Waals surface area contributed by atoms with Gasteiger partial charge in [-0.3, -0.25) is 14.4 Å². The van der Waals surface area contributed by atoms with Gasteiger partial charge in [-0.15, -0.1) is 0 Å². The topological polar surface area (TPSA) is 102 Å². The summed E-state index contributed by atoms with van der Waals surface area (Å²) in [6, 6.07) is 2.07. The number of hydrogen-bond acceptors (Lipinski definition) is 7. The summed E-state index contributed by atoms with van der Waals surface area (Å²) in [5.41, 5.74) is 9.28. The van der Waals surface area contributed by atoms with Crippen LogP contribution in [-0.2, 0) is 24.3 Å². The average molecular weight is 523 g/mol. The highest BCUT2D eigenvalue weighted by Gasteiger charge is 2.46. The number of anilines is 2. The molecule has 4 heterocycles. The van der Waals surface area contributed by atoms with Crippen LogP contribution >= 0.6 is 0 Å². The molecular weight excluding hydrogens is 483 g/mol. The lowest BCUT2D eigenvalue weighted by Gasteiger charge is -2.50. The fourth-order valence-corrected chi connectivity index (χ4v) is 6.72. The number of nitrogens with one attached hydrogen (secondary N) is 3. The first-order valence-electron chi connectivity index (χ1n) is 13.6. The maximum absolute atomic E-state index is 13.1. The molecule has 1 saturated heterocycles. The van der Waals surface area contributed by atoms with Crippen LogP contribution in [-0.4, -0.2) is 76.7 Å². The van der Waals surface area contributed by atoms with E-state index in [0.29, 0.717) is 19.6 Å². The first-order chi connectivity index (χ1) is 18.3. The largest absolute Gasteiger partial charge is 0.373 e. The predicted molar refractivity (Wildman–Crippen MR) is 148 cm³/mol. The lowest BCUT2D eigenvalue weighted by atomic mass is 9.63. The highest BCUT2D eigenvalue weighted by molar-refractivity contribution is 5.92. The number of alkyl halides is 1. The molecule has 0 atom stereocenters. The second-order valence-electron chi connectivity index (χ2n) is 11.5. The minimum absolute atomic E-state index is 0. The van der Waals surface area contributed by atoms with Crippen molar-refractivity contribution in [1.29, 1.82) is 5.41 Å². The summed E-state index contributed by atoms with van der Waals surface area (Å²) in [4.78, 5) is 21.2. The monoisotopic (exact) mass is 522 g/mol. The van der Waals surface area contributed by atoms with Gasteiger partial charge in [0.25, 0.3) is 0 Å². The molecule has 204 valence electrons. The molecule has 2 aromatic rings. The molecule has 2 bridgehead atoms. The lowest BCUT2D eigenvalue weighted by molar-refractivity contribution is -0.126. The van der Waals surface area contributed by atoms with E-state index in [1.807, 2.05) is 18.9 Å². The van der Waals surface area contributed by atoms with Gasteiger partial charge >= 0.3 is 0 Å². The van der Waals surface area contributed by atoms with Crippen molar-refractivity contribution in [2.24, 2.45) is 0 Å². The van der Waals surface area contributed by atoms with Crippen molar-refractivity contribution < 1.29 is 10.6 Å². The van der Waals surface area contributed by atoms with E-state index in [2.05, 4.69) is 38.2 Å². The maximum atomic E-state index is 13.1. The number of likely N-dealkylation sites (tertiary alicyclic amines) is 1. The van der Waals surface area contributed by atoms with Gasteiger partial charge in [-0.25, -0.2) is 9.37 Å². The van der Waals surface area contributed by atoms with Crippen LogP contribution in [0, 0.1) is 19.3 Å². The molecule has 2 fully saturated rings. The highest BCUT2D eigenvalue weighted by Crippen LogP contribution is 2.49. The zero-order valence-electron chi connectivity index (χ0n) is 22.5. The first kappa shape index (κ1) is 25.0. The Balaban J connectivity index is 0.00000308. The number of halogens is 1. The van der Waals surface area contributed by atoms with Crippen LogP contribution in [0.2, 0.25) is 0 Å². The highest BCUT2D eigenvalue weighted by atomic mass is 19.1. The van der Waals surface area contributed by atoms with E-state index < -0.39 is 6.17 Å². The Labute approximate surface area is 224 Å². The molecule has 38 heavy (non-hydrogen) atoms. The molecule has 9 nitrogen and oxygen atoms in total. The number of pyridine rings is 1. The quantitative estimate of drug-likeness (QED) is 0.364. The number of fused-ring (bicyclic) bond motifs is 3. The van der Waals surface area contributed by atoms with Crippen LogP contribution in [0.3, 0.4) is 0 Å².